The van der Waals surface area contributed by atoms with Crippen molar-refractivity contribution < 1.29 is 4.92 Å². The fourth-order valence-electron chi connectivity index (χ4n) is 1.98. The number of anilines is 1. The zero-order chi connectivity index (χ0) is 11.7. The summed E-state index contributed by atoms with van der Waals surface area (Å²) in [5.74, 6) is 2.27. The van der Waals surface area contributed by atoms with Crippen LogP contribution in [0.2, 0.25) is 0 Å². The van der Waals surface area contributed by atoms with Crippen LogP contribution in [-0.4, -0.2) is 26.2 Å². The van der Waals surface area contributed by atoms with Gasteiger partial charge in [0.05, 0.1) is 11.0 Å². The average Bonchev–Trinajstić information content (AvgIpc) is 2.55. The third-order valence-corrected chi connectivity index (χ3v) is 3.95. The molecule has 0 bridgehead atoms. The second-order valence-corrected chi connectivity index (χ2v) is 5.04. The second kappa shape index (κ2) is 4.32. The number of aryl methyl sites for hydroxylation is 1. The third-order valence-electron chi connectivity index (χ3n) is 2.75. The van der Waals surface area contributed by atoms with E-state index in [0.29, 0.717) is 5.69 Å². The Morgan fingerprint density at radius 2 is 2.44 bits per heavy atom. The van der Waals surface area contributed by atoms with Crippen molar-refractivity contribution in [1.29, 1.82) is 0 Å². The largest absolute Gasteiger partial charge is 0.378 e. The SMILES string of the molecule is Cc1nn(C2CCCSC2)c(N)c1[N+](=O)[O-]. The molecule has 2 rings (SSSR count). The van der Waals surface area contributed by atoms with Gasteiger partial charge in [0.15, 0.2) is 0 Å². The molecule has 16 heavy (non-hydrogen) atoms. The summed E-state index contributed by atoms with van der Waals surface area (Å²) in [4.78, 5) is 10.4. The molecule has 1 aromatic rings. The molecule has 0 aromatic carbocycles. The van der Waals surface area contributed by atoms with Crippen molar-refractivity contribution in [2.24, 2.45) is 0 Å². The fourth-order valence-corrected chi connectivity index (χ4v) is 3.09. The van der Waals surface area contributed by atoms with E-state index in [0.717, 1.165) is 24.3 Å². The van der Waals surface area contributed by atoms with Gasteiger partial charge < -0.3 is 5.73 Å². The van der Waals surface area contributed by atoms with Crippen LogP contribution in [0.15, 0.2) is 0 Å². The summed E-state index contributed by atoms with van der Waals surface area (Å²) in [5.41, 5.74) is 6.14. The quantitative estimate of drug-likeness (QED) is 0.630. The van der Waals surface area contributed by atoms with Gasteiger partial charge in [-0.15, -0.1) is 0 Å². The molecule has 1 aromatic heterocycles. The van der Waals surface area contributed by atoms with Crippen LogP contribution in [0.3, 0.4) is 0 Å². The lowest BCUT2D eigenvalue weighted by Gasteiger charge is -2.22. The van der Waals surface area contributed by atoms with Gasteiger partial charge in [0, 0.05) is 5.75 Å². The van der Waals surface area contributed by atoms with E-state index in [1.807, 2.05) is 11.8 Å². The Kier molecular flexibility index (Phi) is 3.04. The Balaban J connectivity index is 2.34. The average molecular weight is 242 g/mol. The number of rotatable bonds is 2. The highest BCUT2D eigenvalue weighted by Crippen LogP contribution is 2.33. The Morgan fingerprint density at radius 1 is 1.69 bits per heavy atom. The molecule has 0 aliphatic carbocycles. The van der Waals surface area contributed by atoms with Crippen molar-refractivity contribution in [3.05, 3.63) is 15.8 Å². The molecule has 1 aliphatic heterocycles. The van der Waals surface area contributed by atoms with Crippen LogP contribution in [-0.2, 0) is 0 Å². The van der Waals surface area contributed by atoms with E-state index in [1.165, 1.54) is 0 Å². The van der Waals surface area contributed by atoms with Crippen molar-refractivity contribution in [3.63, 3.8) is 0 Å². The van der Waals surface area contributed by atoms with Gasteiger partial charge in [0.2, 0.25) is 5.82 Å². The van der Waals surface area contributed by atoms with Gasteiger partial charge in [-0.25, -0.2) is 4.68 Å². The zero-order valence-corrected chi connectivity index (χ0v) is 9.87. The highest BCUT2D eigenvalue weighted by molar-refractivity contribution is 7.99. The first kappa shape index (κ1) is 11.3. The maximum Gasteiger partial charge on any atom is 0.333 e. The first-order valence-electron chi connectivity index (χ1n) is 5.18. The number of nitro groups is 1. The number of thioether (sulfide) groups is 1. The smallest absolute Gasteiger partial charge is 0.333 e. The number of nitrogens with zero attached hydrogens (tertiary/aromatic N) is 3. The predicted molar refractivity (Wildman–Crippen MR) is 63.6 cm³/mol. The molecule has 1 aliphatic rings. The zero-order valence-electron chi connectivity index (χ0n) is 9.05. The summed E-state index contributed by atoms with van der Waals surface area (Å²) in [5, 5.41) is 15.0. The topological polar surface area (TPSA) is 87.0 Å². The molecule has 6 nitrogen and oxygen atoms in total. The highest BCUT2D eigenvalue weighted by atomic mass is 32.2. The van der Waals surface area contributed by atoms with Gasteiger partial charge in [0.25, 0.3) is 0 Å². The van der Waals surface area contributed by atoms with Crippen molar-refractivity contribution in [3.8, 4) is 0 Å². The van der Waals surface area contributed by atoms with Crippen LogP contribution in [0.4, 0.5) is 11.5 Å². The predicted octanol–water partition coefficient (Wildman–Crippen LogP) is 1.75. The van der Waals surface area contributed by atoms with E-state index in [4.69, 9.17) is 5.73 Å². The summed E-state index contributed by atoms with van der Waals surface area (Å²) in [7, 11) is 0. The van der Waals surface area contributed by atoms with E-state index in [1.54, 1.807) is 11.6 Å². The van der Waals surface area contributed by atoms with Gasteiger partial charge in [-0.1, -0.05) is 0 Å². The molecule has 1 unspecified atom stereocenters. The van der Waals surface area contributed by atoms with Gasteiger partial charge in [-0.3, -0.25) is 10.1 Å². The van der Waals surface area contributed by atoms with E-state index < -0.39 is 4.92 Å². The van der Waals surface area contributed by atoms with Crippen LogP contribution in [0.5, 0.6) is 0 Å². The third kappa shape index (κ3) is 1.87. The Labute approximate surface area is 97.3 Å². The highest BCUT2D eigenvalue weighted by Gasteiger charge is 2.27. The lowest BCUT2D eigenvalue weighted by molar-refractivity contribution is -0.384. The molecule has 0 spiro atoms. The molecule has 88 valence electrons. The number of hydrogen-bond donors (Lipinski definition) is 1. The first-order valence-corrected chi connectivity index (χ1v) is 6.33. The summed E-state index contributed by atoms with van der Waals surface area (Å²) < 4.78 is 1.62. The van der Waals surface area contributed by atoms with E-state index in [9.17, 15) is 10.1 Å². The minimum absolute atomic E-state index is 0.0458. The van der Waals surface area contributed by atoms with Crippen LogP contribution in [0.1, 0.15) is 24.6 Å². The molecular formula is C9H14N4O2S. The molecule has 2 heterocycles. The van der Waals surface area contributed by atoms with Crippen molar-refractivity contribution in [2.75, 3.05) is 17.2 Å². The minimum Gasteiger partial charge on any atom is -0.378 e. The molecule has 1 saturated heterocycles. The molecule has 0 amide bonds. The lowest BCUT2D eigenvalue weighted by atomic mass is 10.2. The summed E-state index contributed by atoms with van der Waals surface area (Å²) in [6, 6.07) is 0.200. The lowest BCUT2D eigenvalue weighted by Crippen LogP contribution is -2.19. The summed E-state index contributed by atoms with van der Waals surface area (Å²) in [6.07, 6.45) is 2.11. The van der Waals surface area contributed by atoms with Crippen molar-refractivity contribution in [1.82, 2.24) is 9.78 Å². The maximum absolute atomic E-state index is 10.8. The fraction of sp³-hybridized carbons (Fsp3) is 0.667. The van der Waals surface area contributed by atoms with Crippen LogP contribution in [0, 0.1) is 17.0 Å². The standard InChI is InChI=1S/C9H14N4O2S/c1-6-8(13(14)15)9(10)12(11-6)7-3-2-4-16-5-7/h7H,2-5,10H2,1H3. The van der Waals surface area contributed by atoms with Crippen molar-refractivity contribution in [2.45, 2.75) is 25.8 Å². The van der Waals surface area contributed by atoms with Gasteiger partial charge in [-0.2, -0.15) is 16.9 Å². The molecule has 0 radical (unpaired) electrons. The number of hydrogen-bond acceptors (Lipinski definition) is 5. The number of aromatic nitrogens is 2. The van der Waals surface area contributed by atoms with Crippen LogP contribution in [0.25, 0.3) is 0 Å². The van der Waals surface area contributed by atoms with Crippen LogP contribution >= 0.6 is 11.8 Å². The Bertz CT molecular complexity index is 412. The van der Waals surface area contributed by atoms with Gasteiger partial charge >= 0.3 is 5.69 Å². The first-order chi connectivity index (χ1) is 7.61. The molecular weight excluding hydrogens is 228 g/mol. The Morgan fingerprint density at radius 3 is 2.94 bits per heavy atom. The molecule has 7 heteroatoms. The van der Waals surface area contributed by atoms with E-state index in [-0.39, 0.29) is 17.5 Å². The Hall–Kier alpha value is -1.24. The second-order valence-electron chi connectivity index (χ2n) is 3.89. The van der Waals surface area contributed by atoms with Gasteiger partial charge in [0.1, 0.15) is 5.69 Å². The summed E-state index contributed by atoms with van der Waals surface area (Å²) in [6.45, 7) is 1.63. The number of nitrogen functional groups attached to an aromatic ring is 1. The molecule has 1 fully saturated rings. The van der Waals surface area contributed by atoms with Crippen molar-refractivity contribution >= 4 is 23.3 Å². The van der Waals surface area contributed by atoms with E-state index in [2.05, 4.69) is 5.10 Å². The summed E-state index contributed by atoms with van der Waals surface area (Å²) >= 11 is 1.84. The molecule has 1 atom stereocenters. The van der Waals surface area contributed by atoms with Gasteiger partial charge in [-0.05, 0) is 25.5 Å². The number of nitrogens with two attached hydrogens (primary N) is 1. The molecule has 2 N–H and O–H groups in total. The maximum atomic E-state index is 10.8. The van der Waals surface area contributed by atoms with E-state index >= 15 is 0 Å². The minimum atomic E-state index is -0.454. The normalized spacial score (nSPS) is 20.9. The van der Waals surface area contributed by atoms with Crippen LogP contribution < -0.4 is 5.73 Å². The monoisotopic (exact) mass is 242 g/mol. The molecule has 0 saturated carbocycles.